The van der Waals surface area contributed by atoms with E-state index in [0.29, 0.717) is 18.2 Å². The Morgan fingerprint density at radius 1 is 1.15 bits per heavy atom. The van der Waals surface area contributed by atoms with E-state index in [1.165, 1.54) is 6.42 Å². The van der Waals surface area contributed by atoms with E-state index >= 15 is 0 Å². The SMILES string of the molecule is CC1CCC(C2CC(N)CCO2)O1. The van der Waals surface area contributed by atoms with E-state index < -0.39 is 0 Å². The van der Waals surface area contributed by atoms with Crippen molar-refractivity contribution in [3.63, 3.8) is 0 Å². The molecule has 0 saturated carbocycles. The first-order chi connectivity index (χ1) is 6.25. The molecule has 0 amide bonds. The maximum atomic E-state index is 5.89. The van der Waals surface area contributed by atoms with Gasteiger partial charge in [0.1, 0.15) is 0 Å². The van der Waals surface area contributed by atoms with E-state index in [2.05, 4.69) is 6.92 Å². The monoisotopic (exact) mass is 185 g/mol. The second-order valence-electron chi connectivity index (χ2n) is 4.26. The van der Waals surface area contributed by atoms with E-state index in [9.17, 15) is 0 Å². The third-order valence-corrected chi connectivity index (χ3v) is 3.04. The van der Waals surface area contributed by atoms with Crippen molar-refractivity contribution in [2.45, 2.75) is 57.0 Å². The molecule has 2 aliphatic rings. The first-order valence-corrected chi connectivity index (χ1v) is 5.28. The van der Waals surface area contributed by atoms with Crippen LogP contribution in [0.25, 0.3) is 0 Å². The van der Waals surface area contributed by atoms with Crippen molar-refractivity contribution < 1.29 is 9.47 Å². The van der Waals surface area contributed by atoms with Crippen LogP contribution in [0.15, 0.2) is 0 Å². The maximum absolute atomic E-state index is 5.89. The molecule has 4 unspecified atom stereocenters. The molecule has 4 atom stereocenters. The lowest BCUT2D eigenvalue weighted by molar-refractivity contribution is -0.0880. The lowest BCUT2D eigenvalue weighted by Gasteiger charge is -2.31. The zero-order valence-corrected chi connectivity index (χ0v) is 8.24. The van der Waals surface area contributed by atoms with Gasteiger partial charge in [-0.25, -0.2) is 0 Å². The lowest BCUT2D eigenvalue weighted by atomic mass is 9.98. The van der Waals surface area contributed by atoms with Gasteiger partial charge >= 0.3 is 0 Å². The van der Waals surface area contributed by atoms with Crippen molar-refractivity contribution in [1.82, 2.24) is 0 Å². The fourth-order valence-electron chi connectivity index (χ4n) is 2.22. The van der Waals surface area contributed by atoms with Crippen LogP contribution in [0.3, 0.4) is 0 Å². The molecule has 2 rings (SSSR count). The minimum atomic E-state index is 0.258. The van der Waals surface area contributed by atoms with Gasteiger partial charge in [-0.2, -0.15) is 0 Å². The summed E-state index contributed by atoms with van der Waals surface area (Å²) in [6, 6.07) is 0.318. The molecule has 2 fully saturated rings. The Balaban J connectivity index is 1.85. The molecule has 2 heterocycles. The molecule has 76 valence electrons. The standard InChI is InChI=1S/C10H19NO2/c1-7-2-3-9(13-7)10-6-8(11)4-5-12-10/h7-10H,2-6,11H2,1H3. The van der Waals surface area contributed by atoms with Gasteiger partial charge in [-0.05, 0) is 32.6 Å². The number of nitrogens with two attached hydrogens (primary N) is 1. The summed E-state index contributed by atoms with van der Waals surface area (Å²) in [4.78, 5) is 0. The Kier molecular flexibility index (Phi) is 2.86. The molecule has 0 aromatic carbocycles. The van der Waals surface area contributed by atoms with Gasteiger partial charge in [-0.3, -0.25) is 0 Å². The largest absolute Gasteiger partial charge is 0.375 e. The number of ether oxygens (including phenoxy) is 2. The highest BCUT2D eigenvalue weighted by atomic mass is 16.5. The second-order valence-corrected chi connectivity index (χ2v) is 4.26. The molecule has 0 bridgehead atoms. The average Bonchev–Trinajstić information content (AvgIpc) is 2.52. The molecule has 13 heavy (non-hydrogen) atoms. The van der Waals surface area contributed by atoms with Crippen LogP contribution in [0.5, 0.6) is 0 Å². The zero-order valence-electron chi connectivity index (χ0n) is 8.24. The maximum Gasteiger partial charge on any atom is 0.0851 e. The number of rotatable bonds is 1. The van der Waals surface area contributed by atoms with Crippen LogP contribution >= 0.6 is 0 Å². The fourth-order valence-corrected chi connectivity index (χ4v) is 2.22. The third kappa shape index (κ3) is 2.22. The molecule has 3 heteroatoms. The van der Waals surface area contributed by atoms with Gasteiger partial charge < -0.3 is 15.2 Å². The van der Waals surface area contributed by atoms with Gasteiger partial charge in [0.05, 0.1) is 18.3 Å². The first kappa shape index (κ1) is 9.44. The fraction of sp³-hybridized carbons (Fsp3) is 1.00. The van der Waals surface area contributed by atoms with Gasteiger partial charge in [0.2, 0.25) is 0 Å². The minimum Gasteiger partial charge on any atom is -0.375 e. The van der Waals surface area contributed by atoms with Gasteiger partial charge in [0, 0.05) is 12.6 Å². The van der Waals surface area contributed by atoms with Crippen LogP contribution in [0.1, 0.15) is 32.6 Å². The third-order valence-electron chi connectivity index (χ3n) is 3.04. The van der Waals surface area contributed by atoms with Crippen LogP contribution in [0.4, 0.5) is 0 Å². The van der Waals surface area contributed by atoms with Crippen molar-refractivity contribution >= 4 is 0 Å². The van der Waals surface area contributed by atoms with Gasteiger partial charge in [0.15, 0.2) is 0 Å². The molecule has 2 aliphatic heterocycles. The van der Waals surface area contributed by atoms with Crippen molar-refractivity contribution in [2.75, 3.05) is 6.61 Å². The molecule has 0 spiro atoms. The van der Waals surface area contributed by atoms with E-state index in [1.807, 2.05) is 0 Å². The highest BCUT2D eigenvalue weighted by Gasteiger charge is 2.33. The van der Waals surface area contributed by atoms with Crippen molar-refractivity contribution in [1.29, 1.82) is 0 Å². The molecule has 0 radical (unpaired) electrons. The summed E-state index contributed by atoms with van der Waals surface area (Å²) in [6.07, 6.45) is 5.25. The normalized spacial score (nSPS) is 46.6. The quantitative estimate of drug-likeness (QED) is 0.664. The average molecular weight is 185 g/mol. The van der Waals surface area contributed by atoms with Crippen LogP contribution in [-0.2, 0) is 9.47 Å². The van der Waals surface area contributed by atoms with E-state index in [1.54, 1.807) is 0 Å². The van der Waals surface area contributed by atoms with E-state index in [4.69, 9.17) is 15.2 Å². The summed E-state index contributed by atoms with van der Waals surface area (Å²) in [6.45, 7) is 2.93. The molecular formula is C10H19NO2. The molecule has 2 saturated heterocycles. The van der Waals surface area contributed by atoms with Crippen LogP contribution in [0.2, 0.25) is 0 Å². The Hall–Kier alpha value is -0.120. The molecule has 0 aromatic rings. The van der Waals surface area contributed by atoms with Gasteiger partial charge in [-0.15, -0.1) is 0 Å². The molecular weight excluding hydrogens is 166 g/mol. The van der Waals surface area contributed by atoms with Crippen molar-refractivity contribution in [3.05, 3.63) is 0 Å². The Labute approximate surface area is 79.6 Å². The molecule has 0 aromatic heterocycles. The Morgan fingerprint density at radius 2 is 2.00 bits per heavy atom. The second kappa shape index (κ2) is 3.95. The number of hydrogen-bond acceptors (Lipinski definition) is 3. The summed E-state index contributed by atoms with van der Waals surface area (Å²) in [5.41, 5.74) is 5.89. The predicted octanol–water partition coefficient (Wildman–Crippen LogP) is 1.06. The van der Waals surface area contributed by atoms with Crippen molar-refractivity contribution in [3.8, 4) is 0 Å². The summed E-state index contributed by atoms with van der Waals surface area (Å²) in [5, 5.41) is 0. The van der Waals surface area contributed by atoms with Gasteiger partial charge in [-0.1, -0.05) is 0 Å². The van der Waals surface area contributed by atoms with Crippen LogP contribution in [-0.4, -0.2) is 31.0 Å². The smallest absolute Gasteiger partial charge is 0.0851 e. The number of hydrogen-bond donors (Lipinski definition) is 1. The molecule has 2 N–H and O–H groups in total. The van der Waals surface area contributed by atoms with Gasteiger partial charge in [0.25, 0.3) is 0 Å². The summed E-state index contributed by atoms with van der Waals surface area (Å²) in [5.74, 6) is 0. The summed E-state index contributed by atoms with van der Waals surface area (Å²) < 4.78 is 11.4. The lowest BCUT2D eigenvalue weighted by Crippen LogP contribution is -2.41. The first-order valence-electron chi connectivity index (χ1n) is 5.28. The van der Waals surface area contributed by atoms with Crippen LogP contribution in [0, 0.1) is 0 Å². The summed E-state index contributed by atoms with van der Waals surface area (Å²) >= 11 is 0. The van der Waals surface area contributed by atoms with Crippen molar-refractivity contribution in [2.24, 2.45) is 5.73 Å². The Bertz CT molecular complexity index is 174. The highest BCUT2D eigenvalue weighted by molar-refractivity contribution is 4.84. The minimum absolute atomic E-state index is 0.258. The van der Waals surface area contributed by atoms with Crippen LogP contribution < -0.4 is 5.73 Å². The summed E-state index contributed by atoms with van der Waals surface area (Å²) in [7, 11) is 0. The Morgan fingerprint density at radius 3 is 2.62 bits per heavy atom. The zero-order chi connectivity index (χ0) is 9.26. The molecule has 3 nitrogen and oxygen atoms in total. The highest BCUT2D eigenvalue weighted by Crippen LogP contribution is 2.27. The topological polar surface area (TPSA) is 44.5 Å². The predicted molar refractivity (Wildman–Crippen MR) is 50.5 cm³/mol. The van der Waals surface area contributed by atoms with E-state index in [-0.39, 0.29) is 6.10 Å². The van der Waals surface area contributed by atoms with E-state index in [0.717, 1.165) is 25.9 Å². The molecule has 0 aliphatic carbocycles.